The second-order valence-electron chi connectivity index (χ2n) is 9.47. The van der Waals surface area contributed by atoms with E-state index < -0.39 is 35.5 Å². The topological polar surface area (TPSA) is 97.3 Å². The van der Waals surface area contributed by atoms with E-state index >= 15 is 0 Å². The molecule has 10 heteroatoms. The Morgan fingerprint density at radius 2 is 1.72 bits per heavy atom. The highest BCUT2D eigenvalue weighted by atomic mass is 19.1. The minimum Gasteiger partial charge on any atom is -0.486 e. The van der Waals surface area contributed by atoms with Crippen LogP contribution in [0.4, 0.5) is 8.78 Å². The molecule has 3 aromatic rings. The number of rotatable bonds is 9. The Kier molecular flexibility index (Phi) is 8.04. The van der Waals surface area contributed by atoms with Crippen molar-refractivity contribution in [3.63, 3.8) is 0 Å². The van der Waals surface area contributed by atoms with Gasteiger partial charge in [0.05, 0.1) is 6.04 Å². The summed E-state index contributed by atoms with van der Waals surface area (Å²) in [6.45, 7) is 2.30. The molecule has 2 unspecified atom stereocenters. The fourth-order valence-electron chi connectivity index (χ4n) is 4.71. The van der Waals surface area contributed by atoms with Crippen molar-refractivity contribution >= 4 is 11.7 Å². The molecule has 1 saturated heterocycles. The van der Waals surface area contributed by atoms with E-state index in [0.29, 0.717) is 11.5 Å². The highest BCUT2D eigenvalue weighted by molar-refractivity contribution is 6.42. The van der Waals surface area contributed by atoms with Crippen molar-refractivity contribution in [1.82, 2.24) is 10.2 Å². The van der Waals surface area contributed by atoms with Crippen molar-refractivity contribution < 1.29 is 37.7 Å². The third-order valence-electron chi connectivity index (χ3n) is 6.66. The van der Waals surface area contributed by atoms with E-state index in [1.165, 1.54) is 42.5 Å². The van der Waals surface area contributed by atoms with Crippen molar-refractivity contribution in [2.45, 2.75) is 25.0 Å². The number of ether oxygens (including phenoxy) is 3. The number of hydrogen-bond acceptors (Lipinski definition) is 7. The summed E-state index contributed by atoms with van der Waals surface area (Å²) in [4.78, 5) is 28.2. The predicted octanol–water partition coefficient (Wildman–Crippen LogP) is 4.03. The Bertz CT molecular complexity index is 1340. The van der Waals surface area contributed by atoms with Gasteiger partial charge in [-0.05, 0) is 80.0 Å². The Balaban J connectivity index is 1.33. The molecule has 0 bridgehead atoms. The predicted molar refractivity (Wildman–Crippen MR) is 137 cm³/mol. The molecule has 3 aromatic carbocycles. The fourth-order valence-corrected chi connectivity index (χ4v) is 4.71. The average molecular weight is 539 g/mol. The fraction of sp³-hybridized carbons (Fsp3) is 0.310. The van der Waals surface area contributed by atoms with Gasteiger partial charge >= 0.3 is 0 Å². The molecular weight excluding hydrogens is 510 g/mol. The summed E-state index contributed by atoms with van der Waals surface area (Å²) in [5, 5.41) is 13.9. The van der Waals surface area contributed by atoms with Crippen LogP contribution < -0.4 is 19.5 Å². The first kappa shape index (κ1) is 26.6. The van der Waals surface area contributed by atoms with Crippen molar-refractivity contribution in [3.05, 3.63) is 83.4 Å². The maximum atomic E-state index is 14.7. The van der Waals surface area contributed by atoms with Crippen LogP contribution in [0, 0.1) is 11.6 Å². The second kappa shape index (κ2) is 11.8. The van der Waals surface area contributed by atoms with Gasteiger partial charge in [0.1, 0.15) is 36.6 Å². The molecule has 2 N–H and O–H groups in total. The molecule has 5 rings (SSSR count). The molecule has 8 nitrogen and oxygen atoms in total. The molecule has 204 valence electrons. The van der Waals surface area contributed by atoms with E-state index in [-0.39, 0.29) is 42.4 Å². The molecule has 2 heterocycles. The standard InChI is InChI=1S/C29H28F2N2O6/c30-20-6-8-21(9-7-20)39-22-5-3-4-18(14-22)27(35)29(36)32-24(17-33-10-1-2-11-33)26(34)19-15-23(31)28-25(16-19)37-12-13-38-28/h3-9,14-16,24,26,34H,1-2,10-13,17H2,(H,32,36). The summed E-state index contributed by atoms with van der Waals surface area (Å²) in [5.41, 5.74) is 0.273. The largest absolute Gasteiger partial charge is 0.486 e. The van der Waals surface area contributed by atoms with Gasteiger partial charge in [0, 0.05) is 12.1 Å². The number of hydrogen-bond donors (Lipinski definition) is 2. The number of fused-ring (bicyclic) bond motifs is 1. The van der Waals surface area contributed by atoms with Gasteiger partial charge in [-0.15, -0.1) is 0 Å². The number of aliphatic hydroxyl groups is 1. The lowest BCUT2D eigenvalue weighted by Gasteiger charge is -2.29. The summed E-state index contributed by atoms with van der Waals surface area (Å²) in [7, 11) is 0. The van der Waals surface area contributed by atoms with Crippen LogP contribution in [0.15, 0.2) is 60.7 Å². The Labute approximate surface area is 224 Å². The first-order valence-corrected chi connectivity index (χ1v) is 12.8. The van der Waals surface area contributed by atoms with Crippen LogP contribution in [0.1, 0.15) is 34.9 Å². The lowest BCUT2D eigenvalue weighted by molar-refractivity contribution is -0.118. The number of likely N-dealkylation sites (tertiary alicyclic amines) is 1. The summed E-state index contributed by atoms with van der Waals surface area (Å²) in [5.74, 6) is -2.02. The number of nitrogens with zero attached hydrogens (tertiary/aromatic N) is 1. The summed E-state index contributed by atoms with van der Waals surface area (Å²) in [6, 6.07) is 13.2. The normalized spacial score (nSPS) is 16.4. The Morgan fingerprint density at radius 3 is 2.49 bits per heavy atom. The highest BCUT2D eigenvalue weighted by Crippen LogP contribution is 2.36. The molecule has 0 spiro atoms. The van der Waals surface area contributed by atoms with E-state index in [2.05, 4.69) is 10.2 Å². The van der Waals surface area contributed by atoms with Crippen molar-refractivity contribution in [3.8, 4) is 23.0 Å². The van der Waals surface area contributed by atoms with E-state index in [9.17, 15) is 23.5 Å². The monoisotopic (exact) mass is 538 g/mol. The van der Waals surface area contributed by atoms with Gasteiger partial charge < -0.3 is 29.5 Å². The van der Waals surface area contributed by atoms with Gasteiger partial charge in [-0.3, -0.25) is 9.59 Å². The molecule has 0 aliphatic carbocycles. The molecule has 39 heavy (non-hydrogen) atoms. The summed E-state index contributed by atoms with van der Waals surface area (Å²) < 4.78 is 44.3. The number of halogens is 2. The molecule has 2 aliphatic rings. The van der Waals surface area contributed by atoms with Crippen molar-refractivity contribution in [1.29, 1.82) is 0 Å². The van der Waals surface area contributed by atoms with Gasteiger partial charge in [0.2, 0.25) is 5.78 Å². The van der Waals surface area contributed by atoms with Crippen LogP contribution in [0.3, 0.4) is 0 Å². The number of amides is 1. The first-order chi connectivity index (χ1) is 18.9. The van der Waals surface area contributed by atoms with Crippen molar-refractivity contribution in [2.24, 2.45) is 0 Å². The molecule has 2 aliphatic heterocycles. The molecule has 0 aromatic heterocycles. The third-order valence-corrected chi connectivity index (χ3v) is 6.66. The summed E-state index contributed by atoms with van der Waals surface area (Å²) >= 11 is 0. The van der Waals surface area contributed by atoms with E-state index in [1.54, 1.807) is 12.1 Å². The minimum atomic E-state index is -1.32. The van der Waals surface area contributed by atoms with E-state index in [1.807, 2.05) is 0 Å². The summed E-state index contributed by atoms with van der Waals surface area (Å²) in [6.07, 6.45) is 0.644. The third kappa shape index (κ3) is 6.35. The minimum absolute atomic E-state index is 0.0183. The van der Waals surface area contributed by atoms with Crippen LogP contribution in [-0.4, -0.2) is 60.6 Å². The van der Waals surface area contributed by atoms with Crippen LogP contribution in [-0.2, 0) is 4.79 Å². The van der Waals surface area contributed by atoms with Gasteiger partial charge in [-0.2, -0.15) is 0 Å². The highest BCUT2D eigenvalue weighted by Gasteiger charge is 2.31. The quantitative estimate of drug-likeness (QED) is 0.314. The van der Waals surface area contributed by atoms with Gasteiger partial charge in [0.25, 0.3) is 5.91 Å². The van der Waals surface area contributed by atoms with Gasteiger partial charge in [0.15, 0.2) is 17.3 Å². The number of nitrogens with one attached hydrogen (secondary N) is 1. The zero-order valence-electron chi connectivity index (χ0n) is 21.1. The first-order valence-electron chi connectivity index (χ1n) is 12.8. The van der Waals surface area contributed by atoms with Crippen LogP contribution in [0.5, 0.6) is 23.0 Å². The lowest BCUT2D eigenvalue weighted by Crippen LogP contribution is -2.48. The Hall–Kier alpha value is -4.02. The number of carbonyl (C=O) groups excluding carboxylic acids is 2. The number of Topliss-reactive ketones (excluding diaryl/α,β-unsaturated/α-hetero) is 1. The molecule has 0 saturated carbocycles. The zero-order chi connectivity index (χ0) is 27.4. The second-order valence-corrected chi connectivity index (χ2v) is 9.47. The smallest absolute Gasteiger partial charge is 0.292 e. The van der Waals surface area contributed by atoms with Crippen LogP contribution in [0.25, 0.3) is 0 Å². The molecule has 1 fully saturated rings. The molecule has 2 atom stereocenters. The lowest BCUT2D eigenvalue weighted by atomic mass is 10.00. The van der Waals surface area contributed by atoms with Crippen molar-refractivity contribution in [2.75, 3.05) is 32.8 Å². The van der Waals surface area contributed by atoms with Crippen LogP contribution in [0.2, 0.25) is 0 Å². The van der Waals surface area contributed by atoms with Gasteiger partial charge in [-0.25, -0.2) is 8.78 Å². The van der Waals surface area contributed by atoms with Crippen LogP contribution >= 0.6 is 0 Å². The van der Waals surface area contributed by atoms with Gasteiger partial charge in [-0.1, -0.05) is 12.1 Å². The van der Waals surface area contributed by atoms with E-state index in [0.717, 1.165) is 32.0 Å². The molecular formula is C29H28F2N2O6. The van der Waals surface area contributed by atoms with E-state index in [4.69, 9.17) is 14.2 Å². The maximum Gasteiger partial charge on any atom is 0.292 e. The maximum absolute atomic E-state index is 14.7. The SMILES string of the molecule is O=C(NC(CN1CCCC1)C(O)c1cc(F)c2c(c1)OCCO2)C(=O)c1cccc(Oc2ccc(F)cc2)c1. The number of aliphatic hydroxyl groups excluding tert-OH is 1. The molecule has 1 amide bonds. The zero-order valence-corrected chi connectivity index (χ0v) is 21.1. The Morgan fingerprint density at radius 1 is 0.974 bits per heavy atom. The number of benzene rings is 3. The number of ketones is 1. The molecule has 0 radical (unpaired) electrons. The average Bonchev–Trinajstić information content (AvgIpc) is 3.46. The number of carbonyl (C=O) groups is 2.